The molecule has 5 nitrogen and oxygen atoms in total. The molecule has 0 atom stereocenters. The van der Waals surface area contributed by atoms with E-state index in [1.165, 1.54) is 0 Å². The third-order valence-electron chi connectivity index (χ3n) is 3.23. The number of ether oxygens (including phenoxy) is 2. The lowest BCUT2D eigenvalue weighted by Gasteiger charge is -2.05. The van der Waals surface area contributed by atoms with Crippen molar-refractivity contribution in [2.24, 2.45) is 0 Å². The number of fused-ring (bicyclic) bond motifs is 3. The Balaban J connectivity index is 2.24. The Morgan fingerprint density at radius 1 is 0.810 bits per heavy atom. The summed E-state index contributed by atoms with van der Waals surface area (Å²) in [4.78, 5) is 0. The molecule has 2 aromatic carbocycles. The molecule has 3 aromatic rings. The number of phenols is 2. The molecule has 0 unspecified atom stereocenters. The maximum atomic E-state index is 9.97. The van der Waals surface area contributed by atoms with E-state index in [9.17, 15) is 10.2 Å². The van der Waals surface area contributed by atoms with E-state index in [1.54, 1.807) is 24.3 Å². The van der Waals surface area contributed by atoms with Crippen LogP contribution in [0.5, 0.6) is 23.0 Å². The van der Waals surface area contributed by atoms with E-state index in [1.807, 2.05) is 13.8 Å². The Morgan fingerprint density at radius 2 is 1.24 bits per heavy atom. The van der Waals surface area contributed by atoms with Crippen molar-refractivity contribution in [3.63, 3.8) is 0 Å². The normalized spacial score (nSPS) is 11.1. The molecular weight excluding hydrogens is 272 g/mol. The van der Waals surface area contributed by atoms with Crippen molar-refractivity contribution in [1.82, 2.24) is 0 Å². The van der Waals surface area contributed by atoms with E-state index in [4.69, 9.17) is 13.9 Å². The van der Waals surface area contributed by atoms with E-state index >= 15 is 0 Å². The smallest absolute Gasteiger partial charge is 0.164 e. The lowest BCUT2D eigenvalue weighted by atomic mass is 10.1. The van der Waals surface area contributed by atoms with Gasteiger partial charge in [0.15, 0.2) is 23.0 Å². The van der Waals surface area contributed by atoms with Gasteiger partial charge in [0.05, 0.1) is 13.2 Å². The second kappa shape index (κ2) is 5.09. The van der Waals surface area contributed by atoms with Gasteiger partial charge < -0.3 is 24.1 Å². The van der Waals surface area contributed by atoms with Crippen molar-refractivity contribution in [2.45, 2.75) is 13.8 Å². The second-order valence-electron chi connectivity index (χ2n) is 4.60. The SMILES string of the molecule is CCOc1cc2oc3cc(OCC)c(O)cc3c2cc1O. The average Bonchev–Trinajstić information content (AvgIpc) is 2.77. The first-order valence-electron chi connectivity index (χ1n) is 6.81. The van der Waals surface area contributed by atoms with Crippen LogP contribution in [0, 0.1) is 0 Å². The Kier molecular flexibility index (Phi) is 3.25. The summed E-state index contributed by atoms with van der Waals surface area (Å²) in [6.07, 6.45) is 0. The molecule has 0 aliphatic carbocycles. The molecule has 2 N–H and O–H groups in total. The molecule has 0 saturated heterocycles. The number of aromatic hydroxyl groups is 2. The molecule has 110 valence electrons. The average molecular weight is 288 g/mol. The van der Waals surface area contributed by atoms with E-state index in [-0.39, 0.29) is 11.5 Å². The summed E-state index contributed by atoms with van der Waals surface area (Å²) in [5.74, 6) is 0.831. The summed E-state index contributed by atoms with van der Waals surface area (Å²) in [6, 6.07) is 6.44. The molecule has 0 saturated carbocycles. The fourth-order valence-corrected chi connectivity index (χ4v) is 2.35. The van der Waals surface area contributed by atoms with Crippen molar-refractivity contribution in [3.8, 4) is 23.0 Å². The van der Waals surface area contributed by atoms with Gasteiger partial charge in [-0.25, -0.2) is 0 Å². The highest BCUT2D eigenvalue weighted by Crippen LogP contribution is 2.40. The molecule has 0 spiro atoms. The van der Waals surface area contributed by atoms with Crippen LogP contribution < -0.4 is 9.47 Å². The number of rotatable bonds is 4. The van der Waals surface area contributed by atoms with Crippen LogP contribution >= 0.6 is 0 Å². The number of phenolic OH excluding ortho intramolecular Hbond substituents is 2. The zero-order valence-corrected chi connectivity index (χ0v) is 11.8. The predicted octanol–water partition coefficient (Wildman–Crippen LogP) is 3.79. The molecule has 3 rings (SSSR count). The first-order chi connectivity index (χ1) is 10.1. The lowest BCUT2D eigenvalue weighted by Crippen LogP contribution is -1.91. The summed E-state index contributed by atoms with van der Waals surface area (Å²) in [7, 11) is 0. The fraction of sp³-hybridized carbons (Fsp3) is 0.250. The Labute approximate surface area is 121 Å². The summed E-state index contributed by atoms with van der Waals surface area (Å²) in [5.41, 5.74) is 1.17. The van der Waals surface area contributed by atoms with E-state index in [0.717, 1.165) is 0 Å². The van der Waals surface area contributed by atoms with Gasteiger partial charge in [-0.15, -0.1) is 0 Å². The minimum Gasteiger partial charge on any atom is -0.504 e. The number of hydrogen-bond donors (Lipinski definition) is 2. The molecule has 0 fully saturated rings. The van der Waals surface area contributed by atoms with Crippen LogP contribution in [0.4, 0.5) is 0 Å². The lowest BCUT2D eigenvalue weighted by molar-refractivity contribution is 0.318. The molecule has 21 heavy (non-hydrogen) atoms. The monoisotopic (exact) mass is 288 g/mol. The van der Waals surface area contributed by atoms with Crippen LogP contribution in [0.25, 0.3) is 21.9 Å². The van der Waals surface area contributed by atoms with Crippen molar-refractivity contribution in [1.29, 1.82) is 0 Å². The number of furan rings is 1. The Bertz CT molecular complexity index is 737. The van der Waals surface area contributed by atoms with Gasteiger partial charge in [-0.05, 0) is 26.0 Å². The third-order valence-corrected chi connectivity index (χ3v) is 3.23. The van der Waals surface area contributed by atoms with Gasteiger partial charge in [0.1, 0.15) is 11.2 Å². The van der Waals surface area contributed by atoms with Crippen LogP contribution in [0.1, 0.15) is 13.8 Å². The van der Waals surface area contributed by atoms with E-state index < -0.39 is 0 Å². The fourth-order valence-electron chi connectivity index (χ4n) is 2.35. The van der Waals surface area contributed by atoms with Crippen LogP contribution in [0.3, 0.4) is 0 Å². The van der Waals surface area contributed by atoms with Crippen LogP contribution in [0.15, 0.2) is 28.7 Å². The van der Waals surface area contributed by atoms with Crippen molar-refractivity contribution >= 4 is 21.9 Å². The zero-order chi connectivity index (χ0) is 15.0. The minimum atomic E-state index is 0.0421. The highest BCUT2D eigenvalue weighted by Gasteiger charge is 2.15. The van der Waals surface area contributed by atoms with Crippen molar-refractivity contribution in [2.75, 3.05) is 13.2 Å². The van der Waals surface area contributed by atoms with Gasteiger partial charge in [-0.1, -0.05) is 0 Å². The summed E-state index contributed by atoms with van der Waals surface area (Å²) in [6.45, 7) is 4.59. The van der Waals surface area contributed by atoms with Gasteiger partial charge >= 0.3 is 0 Å². The molecule has 1 aromatic heterocycles. The van der Waals surface area contributed by atoms with Gasteiger partial charge in [-0.2, -0.15) is 0 Å². The van der Waals surface area contributed by atoms with Gasteiger partial charge in [0.25, 0.3) is 0 Å². The maximum absolute atomic E-state index is 9.97. The second-order valence-corrected chi connectivity index (χ2v) is 4.60. The molecule has 0 aliphatic heterocycles. The summed E-state index contributed by atoms with van der Waals surface area (Å²) < 4.78 is 16.4. The highest BCUT2D eigenvalue weighted by atomic mass is 16.5. The maximum Gasteiger partial charge on any atom is 0.164 e. The Hall–Kier alpha value is -2.56. The van der Waals surface area contributed by atoms with Gasteiger partial charge in [-0.3, -0.25) is 0 Å². The topological polar surface area (TPSA) is 72.1 Å². The predicted molar refractivity (Wildman–Crippen MR) is 79.4 cm³/mol. The first kappa shape index (κ1) is 13.4. The van der Waals surface area contributed by atoms with Gasteiger partial charge in [0, 0.05) is 22.9 Å². The van der Waals surface area contributed by atoms with E-state index in [2.05, 4.69) is 0 Å². The van der Waals surface area contributed by atoms with Crippen molar-refractivity contribution in [3.05, 3.63) is 24.3 Å². The third kappa shape index (κ3) is 2.20. The summed E-state index contributed by atoms with van der Waals surface area (Å²) >= 11 is 0. The highest BCUT2D eigenvalue weighted by molar-refractivity contribution is 6.07. The quantitative estimate of drug-likeness (QED) is 0.764. The van der Waals surface area contributed by atoms with Crippen LogP contribution in [-0.2, 0) is 0 Å². The number of benzene rings is 2. The van der Waals surface area contributed by atoms with Crippen LogP contribution in [-0.4, -0.2) is 23.4 Å². The molecule has 0 bridgehead atoms. The minimum absolute atomic E-state index is 0.0421. The van der Waals surface area contributed by atoms with E-state index in [0.29, 0.717) is 46.7 Å². The molecule has 5 heteroatoms. The number of hydrogen-bond acceptors (Lipinski definition) is 5. The summed E-state index contributed by atoms with van der Waals surface area (Å²) in [5, 5.41) is 21.4. The van der Waals surface area contributed by atoms with Crippen molar-refractivity contribution < 1.29 is 24.1 Å². The zero-order valence-electron chi connectivity index (χ0n) is 11.8. The Morgan fingerprint density at radius 3 is 1.62 bits per heavy atom. The first-order valence-corrected chi connectivity index (χ1v) is 6.81. The molecular formula is C16H16O5. The molecule has 0 amide bonds. The standard InChI is InChI=1S/C16H16O5/c1-3-19-15-7-13-9(5-11(15)17)10-6-12(18)16(20-4-2)8-14(10)21-13/h5-8,17-18H,3-4H2,1-2H3. The molecule has 1 heterocycles. The molecule has 0 aliphatic rings. The van der Waals surface area contributed by atoms with Crippen LogP contribution in [0.2, 0.25) is 0 Å². The molecule has 0 radical (unpaired) electrons. The largest absolute Gasteiger partial charge is 0.504 e. The van der Waals surface area contributed by atoms with Gasteiger partial charge in [0.2, 0.25) is 0 Å².